The number of rotatable bonds is 3. The largest absolute Gasteiger partial charge is 0.337 e. The van der Waals surface area contributed by atoms with Gasteiger partial charge in [0.05, 0.1) is 11.9 Å². The number of nitrogens with zero attached hydrogens (tertiary/aromatic N) is 4. The third-order valence-electron chi connectivity index (χ3n) is 6.06. The molecule has 0 aliphatic heterocycles. The molecule has 2 aliphatic rings. The highest BCUT2D eigenvalue weighted by molar-refractivity contribution is 5.82. The fourth-order valence-corrected chi connectivity index (χ4v) is 4.55. The Balaban J connectivity index is 1.49. The number of nitrogens with one attached hydrogen (secondary N) is 1. The molecule has 0 saturated heterocycles. The normalized spacial score (nSPS) is 18.1. The van der Waals surface area contributed by atoms with Crippen molar-refractivity contribution in [3.63, 3.8) is 0 Å². The summed E-state index contributed by atoms with van der Waals surface area (Å²) >= 11 is 0. The van der Waals surface area contributed by atoms with E-state index >= 15 is 0 Å². The quantitative estimate of drug-likeness (QED) is 0.689. The molecule has 3 aromatic rings. The molecule has 1 fully saturated rings. The van der Waals surface area contributed by atoms with Crippen molar-refractivity contribution in [1.29, 1.82) is 0 Å². The first kappa shape index (κ1) is 17.3. The fraction of sp³-hybridized carbons (Fsp3) is 0.455. The first-order chi connectivity index (χ1) is 13.8. The SMILES string of the molecule is O=C1CCCc2ccc(Nc3nc(C4CCCCC4)cn4ncnc34)cc2C1. The molecule has 0 amide bonds. The highest BCUT2D eigenvalue weighted by Crippen LogP contribution is 2.33. The van der Waals surface area contributed by atoms with Crippen molar-refractivity contribution in [2.45, 2.75) is 63.7 Å². The van der Waals surface area contributed by atoms with Crippen LogP contribution in [0.3, 0.4) is 0 Å². The molecule has 0 atom stereocenters. The van der Waals surface area contributed by atoms with Crippen molar-refractivity contribution < 1.29 is 4.79 Å². The minimum Gasteiger partial charge on any atom is -0.337 e. The number of anilines is 2. The highest BCUT2D eigenvalue weighted by atomic mass is 16.1. The number of ketones is 1. The van der Waals surface area contributed by atoms with Gasteiger partial charge >= 0.3 is 0 Å². The number of aryl methyl sites for hydroxylation is 1. The van der Waals surface area contributed by atoms with Gasteiger partial charge in [-0.3, -0.25) is 4.79 Å². The Morgan fingerprint density at radius 1 is 1.04 bits per heavy atom. The van der Waals surface area contributed by atoms with E-state index in [1.54, 1.807) is 6.33 Å². The Bertz CT molecular complexity index is 1020. The second-order valence-corrected chi connectivity index (χ2v) is 8.06. The van der Waals surface area contributed by atoms with Gasteiger partial charge in [0.1, 0.15) is 12.1 Å². The maximum absolute atomic E-state index is 12.0. The Labute approximate surface area is 164 Å². The van der Waals surface area contributed by atoms with E-state index in [1.165, 1.54) is 37.7 Å². The molecule has 6 heteroatoms. The molecule has 28 heavy (non-hydrogen) atoms. The Morgan fingerprint density at radius 2 is 1.93 bits per heavy atom. The van der Waals surface area contributed by atoms with Crippen LogP contribution in [0.1, 0.15) is 67.7 Å². The maximum atomic E-state index is 12.0. The minimum absolute atomic E-state index is 0.327. The van der Waals surface area contributed by atoms with Gasteiger partial charge in [0.2, 0.25) is 0 Å². The van der Waals surface area contributed by atoms with Crippen LogP contribution in [-0.4, -0.2) is 25.4 Å². The predicted molar refractivity (Wildman–Crippen MR) is 108 cm³/mol. The third-order valence-corrected chi connectivity index (χ3v) is 6.06. The van der Waals surface area contributed by atoms with E-state index in [0.717, 1.165) is 41.3 Å². The number of hydrogen-bond donors (Lipinski definition) is 1. The van der Waals surface area contributed by atoms with Crippen LogP contribution in [0.25, 0.3) is 5.65 Å². The van der Waals surface area contributed by atoms with E-state index in [1.807, 2.05) is 10.7 Å². The number of aromatic nitrogens is 4. The first-order valence-corrected chi connectivity index (χ1v) is 10.4. The van der Waals surface area contributed by atoms with Gasteiger partial charge in [-0.1, -0.05) is 25.3 Å². The molecule has 1 N–H and O–H groups in total. The Kier molecular flexibility index (Phi) is 4.55. The highest BCUT2D eigenvalue weighted by Gasteiger charge is 2.20. The molecular weight excluding hydrogens is 350 g/mol. The van der Waals surface area contributed by atoms with Crippen LogP contribution >= 0.6 is 0 Å². The zero-order valence-corrected chi connectivity index (χ0v) is 16.0. The number of carbonyl (C=O) groups excluding carboxylic acids is 1. The van der Waals surface area contributed by atoms with Crippen molar-refractivity contribution in [1.82, 2.24) is 19.6 Å². The van der Waals surface area contributed by atoms with E-state index in [0.29, 0.717) is 24.5 Å². The summed E-state index contributed by atoms with van der Waals surface area (Å²) in [6.45, 7) is 0. The standard InChI is InChI=1S/C22H25N5O/c28-19-8-4-7-15-9-10-18(11-17(15)12-19)25-21-22-23-14-24-27(22)13-20(26-21)16-5-2-1-3-6-16/h9-11,13-14,16H,1-8,12H2,(H,25,26). The van der Waals surface area contributed by atoms with Gasteiger partial charge in [0.25, 0.3) is 0 Å². The first-order valence-electron chi connectivity index (χ1n) is 10.4. The van der Waals surface area contributed by atoms with E-state index in [9.17, 15) is 4.79 Å². The fourth-order valence-electron chi connectivity index (χ4n) is 4.55. The van der Waals surface area contributed by atoms with Crippen LogP contribution in [0.4, 0.5) is 11.5 Å². The number of fused-ring (bicyclic) bond motifs is 2. The summed E-state index contributed by atoms with van der Waals surface area (Å²) in [6, 6.07) is 6.32. The van der Waals surface area contributed by atoms with Crippen LogP contribution in [0.15, 0.2) is 30.7 Å². The van der Waals surface area contributed by atoms with Crippen LogP contribution in [0.5, 0.6) is 0 Å². The molecule has 5 rings (SSSR count). The van der Waals surface area contributed by atoms with Crippen LogP contribution in [0, 0.1) is 0 Å². The Morgan fingerprint density at radius 3 is 2.82 bits per heavy atom. The Hall–Kier alpha value is -2.76. The predicted octanol–water partition coefficient (Wildman–Crippen LogP) is 4.36. The summed E-state index contributed by atoms with van der Waals surface area (Å²) in [5.41, 5.74) is 5.18. The lowest BCUT2D eigenvalue weighted by atomic mass is 9.87. The molecule has 2 heterocycles. The van der Waals surface area contributed by atoms with Crippen molar-refractivity contribution in [3.05, 3.63) is 47.5 Å². The van der Waals surface area contributed by atoms with Gasteiger partial charge in [0, 0.05) is 24.4 Å². The lowest BCUT2D eigenvalue weighted by Gasteiger charge is -2.21. The van der Waals surface area contributed by atoms with Crippen molar-refractivity contribution >= 4 is 22.9 Å². The summed E-state index contributed by atoms with van der Waals surface area (Å²) in [5.74, 6) is 1.56. The molecule has 2 aromatic heterocycles. The average Bonchev–Trinajstić information content (AvgIpc) is 3.11. The molecule has 1 saturated carbocycles. The molecule has 144 valence electrons. The van der Waals surface area contributed by atoms with Gasteiger partial charge in [-0.15, -0.1) is 0 Å². The molecule has 0 unspecified atom stereocenters. The molecule has 6 nitrogen and oxygen atoms in total. The lowest BCUT2D eigenvalue weighted by Crippen LogP contribution is -2.10. The molecule has 0 bridgehead atoms. The van der Waals surface area contributed by atoms with Gasteiger partial charge in [0.15, 0.2) is 11.5 Å². The smallest absolute Gasteiger partial charge is 0.198 e. The van der Waals surface area contributed by atoms with Crippen LogP contribution in [-0.2, 0) is 17.6 Å². The zero-order chi connectivity index (χ0) is 18.9. The topological polar surface area (TPSA) is 72.2 Å². The van der Waals surface area contributed by atoms with Crippen LogP contribution in [0.2, 0.25) is 0 Å². The zero-order valence-electron chi connectivity index (χ0n) is 16.0. The van der Waals surface area contributed by atoms with E-state index < -0.39 is 0 Å². The van der Waals surface area contributed by atoms with E-state index in [4.69, 9.17) is 4.98 Å². The number of hydrogen-bond acceptors (Lipinski definition) is 5. The van der Waals surface area contributed by atoms with Gasteiger partial charge in [-0.25, -0.2) is 14.5 Å². The second-order valence-electron chi connectivity index (χ2n) is 8.06. The van der Waals surface area contributed by atoms with E-state index in [-0.39, 0.29) is 0 Å². The average molecular weight is 375 g/mol. The summed E-state index contributed by atoms with van der Waals surface area (Å²) in [4.78, 5) is 21.3. The molecule has 1 aromatic carbocycles. The van der Waals surface area contributed by atoms with Crippen LogP contribution < -0.4 is 5.32 Å². The van der Waals surface area contributed by atoms with Gasteiger partial charge in [-0.2, -0.15) is 5.10 Å². The molecule has 0 radical (unpaired) electrons. The molecule has 0 spiro atoms. The summed E-state index contributed by atoms with van der Waals surface area (Å²) in [5, 5.41) is 7.80. The summed E-state index contributed by atoms with van der Waals surface area (Å²) in [7, 11) is 0. The van der Waals surface area contributed by atoms with E-state index in [2.05, 4.69) is 33.6 Å². The lowest BCUT2D eigenvalue weighted by molar-refractivity contribution is -0.118. The van der Waals surface area contributed by atoms with Crippen molar-refractivity contribution in [2.75, 3.05) is 5.32 Å². The summed E-state index contributed by atoms with van der Waals surface area (Å²) < 4.78 is 1.83. The number of carbonyl (C=O) groups is 1. The molecule has 2 aliphatic carbocycles. The maximum Gasteiger partial charge on any atom is 0.198 e. The number of benzene rings is 1. The monoisotopic (exact) mass is 375 g/mol. The third kappa shape index (κ3) is 3.39. The van der Waals surface area contributed by atoms with Gasteiger partial charge in [-0.05, 0) is 48.9 Å². The number of Topliss-reactive ketones (excluding diaryl/α,β-unsaturated/α-hetero) is 1. The summed E-state index contributed by atoms with van der Waals surface area (Å²) in [6.07, 6.45) is 13.0. The minimum atomic E-state index is 0.327. The molecular formula is C22H25N5O. The second kappa shape index (κ2) is 7.34. The van der Waals surface area contributed by atoms with Crippen molar-refractivity contribution in [2.24, 2.45) is 0 Å². The van der Waals surface area contributed by atoms with Gasteiger partial charge < -0.3 is 5.32 Å². The van der Waals surface area contributed by atoms with Crippen molar-refractivity contribution in [3.8, 4) is 0 Å².